The first-order valence-electron chi connectivity index (χ1n) is 12.4. The molecule has 172 valence electrons. The number of carbonyl (C=O) groups is 1. The molecule has 6 atom stereocenters. The van der Waals surface area contributed by atoms with E-state index in [4.69, 9.17) is 0 Å². The van der Waals surface area contributed by atoms with E-state index >= 15 is 0 Å². The molecule has 0 radical (unpaired) electrons. The van der Waals surface area contributed by atoms with Crippen LogP contribution < -0.4 is 0 Å². The molecule has 5 rings (SSSR count). The molecule has 0 heterocycles. The molecule has 0 saturated heterocycles. The summed E-state index contributed by atoms with van der Waals surface area (Å²) in [5, 5.41) is 12.8. The van der Waals surface area contributed by atoms with Gasteiger partial charge in [0.25, 0.3) is 0 Å². The van der Waals surface area contributed by atoms with Crippen LogP contribution in [-0.2, 0) is 11.2 Å². The molecule has 3 saturated carbocycles. The second-order valence-electron chi connectivity index (χ2n) is 10.8. The average molecular weight is 452 g/mol. The van der Waals surface area contributed by atoms with Crippen LogP contribution in [0.4, 0.5) is 0 Å². The zero-order valence-corrected chi connectivity index (χ0v) is 20.4. The summed E-state index contributed by atoms with van der Waals surface area (Å²) in [7, 11) is 0. The van der Waals surface area contributed by atoms with Crippen LogP contribution in [0.5, 0.6) is 0 Å². The number of nitrogens with zero attached hydrogens (tertiary/aromatic N) is 1. The summed E-state index contributed by atoms with van der Waals surface area (Å²) in [6, 6.07) is 10.2. The number of aliphatic imine (C=N–C) groups is 1. The number of benzene rings is 1. The van der Waals surface area contributed by atoms with Crippen LogP contribution in [-0.4, -0.2) is 28.7 Å². The summed E-state index contributed by atoms with van der Waals surface area (Å²) in [4.78, 5) is 15.6. The lowest BCUT2D eigenvalue weighted by Crippen LogP contribution is -2.51. The van der Waals surface area contributed by atoms with Crippen molar-refractivity contribution >= 4 is 23.2 Å². The Balaban J connectivity index is 0.000000189. The molecule has 32 heavy (non-hydrogen) atoms. The van der Waals surface area contributed by atoms with Crippen LogP contribution in [0.3, 0.4) is 0 Å². The van der Waals surface area contributed by atoms with Gasteiger partial charge in [0.2, 0.25) is 0 Å². The lowest BCUT2D eigenvalue weighted by atomic mass is 9.47. The van der Waals surface area contributed by atoms with E-state index in [9.17, 15) is 9.90 Å². The molecule has 1 N–H and O–H groups in total. The van der Waals surface area contributed by atoms with Crippen molar-refractivity contribution in [1.29, 1.82) is 0 Å². The Bertz CT molecular complexity index is 905. The smallest absolute Gasteiger partial charge is 0.155 e. The summed E-state index contributed by atoms with van der Waals surface area (Å²) in [6.45, 7) is 5.51. The van der Waals surface area contributed by atoms with Gasteiger partial charge in [0.15, 0.2) is 5.78 Å². The highest BCUT2D eigenvalue weighted by Gasteiger charge is 2.58. The molecule has 0 spiro atoms. The first-order valence-corrected chi connectivity index (χ1v) is 12.8. The Morgan fingerprint density at radius 2 is 1.84 bits per heavy atom. The van der Waals surface area contributed by atoms with Crippen LogP contribution in [0.1, 0.15) is 70.8 Å². The summed E-state index contributed by atoms with van der Waals surface area (Å²) in [5.41, 5.74) is 3.18. The molecule has 1 aromatic rings. The number of aliphatic hydroxyl groups excluding tert-OH is 1. The van der Waals surface area contributed by atoms with Crippen molar-refractivity contribution in [2.75, 3.05) is 6.54 Å². The van der Waals surface area contributed by atoms with Crippen LogP contribution in [0.2, 0.25) is 0 Å². The summed E-state index contributed by atoms with van der Waals surface area (Å²) in [6.07, 6.45) is 11.7. The van der Waals surface area contributed by atoms with Gasteiger partial charge in [-0.05, 0) is 104 Å². The fourth-order valence-electron chi connectivity index (χ4n) is 7.41. The van der Waals surface area contributed by atoms with Crippen molar-refractivity contribution in [3.05, 3.63) is 47.5 Å². The minimum Gasteiger partial charge on any atom is -0.393 e. The standard InChI is InChI=1S/C19H28O2.C9H9NS/c1-18-9-7-13(20)11-12(18)3-4-14-15-5-6-17(21)19(15,2)10-8-16(14)18;11-8-10-7-6-9-4-2-1-3-5-9/h11,14-17,21H,3-10H2,1-2H3;1-5H,6-7H2/t14-,15-,16-,17-,18-,19-;/m0./s1. The quantitative estimate of drug-likeness (QED) is 0.439. The van der Waals surface area contributed by atoms with Crippen molar-refractivity contribution in [3.63, 3.8) is 0 Å². The number of aliphatic hydroxyl groups is 1. The topological polar surface area (TPSA) is 49.7 Å². The van der Waals surface area contributed by atoms with Gasteiger partial charge >= 0.3 is 0 Å². The van der Waals surface area contributed by atoms with E-state index in [0.29, 0.717) is 11.7 Å². The summed E-state index contributed by atoms with van der Waals surface area (Å²) in [5.74, 6) is 2.57. The number of carbonyl (C=O) groups excluding carboxylic acids is 1. The van der Waals surface area contributed by atoms with Gasteiger partial charge in [-0.25, -0.2) is 4.99 Å². The number of hydrogen-bond acceptors (Lipinski definition) is 4. The molecule has 4 heteroatoms. The van der Waals surface area contributed by atoms with Crippen molar-refractivity contribution in [1.82, 2.24) is 0 Å². The highest BCUT2D eigenvalue weighted by molar-refractivity contribution is 7.78. The molecular weight excluding hydrogens is 414 g/mol. The summed E-state index contributed by atoms with van der Waals surface area (Å²) < 4.78 is 0. The lowest BCUT2D eigenvalue weighted by molar-refractivity contribution is -0.118. The third-order valence-corrected chi connectivity index (χ3v) is 9.46. The molecule has 0 aliphatic heterocycles. The van der Waals surface area contributed by atoms with E-state index in [1.165, 1.54) is 36.8 Å². The molecule has 0 aromatic heterocycles. The summed E-state index contributed by atoms with van der Waals surface area (Å²) >= 11 is 4.45. The van der Waals surface area contributed by atoms with Gasteiger partial charge in [0.1, 0.15) is 0 Å². The largest absolute Gasteiger partial charge is 0.393 e. The van der Waals surface area contributed by atoms with Crippen molar-refractivity contribution < 1.29 is 9.90 Å². The van der Waals surface area contributed by atoms with E-state index in [1.807, 2.05) is 24.3 Å². The highest BCUT2D eigenvalue weighted by atomic mass is 32.1. The number of allylic oxidation sites excluding steroid dienone is 1. The van der Waals surface area contributed by atoms with E-state index in [1.54, 1.807) is 0 Å². The van der Waals surface area contributed by atoms with Crippen LogP contribution in [0, 0.1) is 28.6 Å². The van der Waals surface area contributed by atoms with Crippen molar-refractivity contribution in [3.8, 4) is 0 Å². The number of hydrogen-bond donors (Lipinski definition) is 1. The first-order chi connectivity index (χ1) is 15.4. The molecule has 1 aromatic carbocycles. The fourth-order valence-corrected chi connectivity index (χ4v) is 7.50. The number of fused-ring (bicyclic) bond motifs is 5. The third-order valence-electron chi connectivity index (χ3n) is 9.33. The second-order valence-corrected chi connectivity index (χ2v) is 11.0. The van der Waals surface area contributed by atoms with Gasteiger partial charge in [-0.15, -0.1) is 0 Å². The molecular formula is C28H37NO2S. The fraction of sp³-hybridized carbons (Fsp3) is 0.643. The normalized spacial score (nSPS) is 37.6. The number of ketones is 1. The van der Waals surface area contributed by atoms with Gasteiger partial charge in [-0.2, -0.15) is 0 Å². The highest BCUT2D eigenvalue weighted by Crippen LogP contribution is 2.65. The van der Waals surface area contributed by atoms with Gasteiger partial charge in [0, 0.05) is 6.42 Å². The van der Waals surface area contributed by atoms with E-state index in [2.05, 4.69) is 48.4 Å². The minimum atomic E-state index is -0.0823. The average Bonchev–Trinajstić information content (AvgIpc) is 3.10. The monoisotopic (exact) mass is 451 g/mol. The Labute approximate surface area is 198 Å². The maximum Gasteiger partial charge on any atom is 0.155 e. The molecule has 0 unspecified atom stereocenters. The molecule has 0 bridgehead atoms. The number of rotatable bonds is 3. The molecule has 4 aliphatic carbocycles. The minimum absolute atomic E-state index is 0.0823. The third kappa shape index (κ3) is 4.42. The van der Waals surface area contributed by atoms with Gasteiger partial charge < -0.3 is 5.11 Å². The van der Waals surface area contributed by atoms with Gasteiger partial charge in [-0.3, -0.25) is 4.79 Å². The Kier molecular flexibility index (Phi) is 7.14. The van der Waals surface area contributed by atoms with Crippen molar-refractivity contribution in [2.45, 2.75) is 77.7 Å². The van der Waals surface area contributed by atoms with Crippen molar-refractivity contribution in [2.24, 2.45) is 33.6 Å². The van der Waals surface area contributed by atoms with E-state index < -0.39 is 0 Å². The zero-order valence-electron chi connectivity index (χ0n) is 19.6. The van der Waals surface area contributed by atoms with Crippen LogP contribution in [0.25, 0.3) is 0 Å². The first kappa shape index (κ1) is 23.5. The Morgan fingerprint density at radius 3 is 2.59 bits per heavy atom. The number of thiocarbonyl (C=S) groups is 1. The SMILES string of the molecule is C[C@]12CC[C@H]3[C@@H](CCC4=CC(=O)CC[C@@]43C)[C@@H]1CC[C@@H]2O.S=C=NCCc1ccccc1. The predicted molar refractivity (Wildman–Crippen MR) is 133 cm³/mol. The van der Waals surface area contributed by atoms with Crippen LogP contribution >= 0.6 is 12.2 Å². The van der Waals surface area contributed by atoms with Gasteiger partial charge in [0.05, 0.1) is 17.8 Å². The zero-order chi connectivity index (χ0) is 22.8. The Hall–Kier alpha value is -1.61. The van der Waals surface area contributed by atoms with E-state index in [-0.39, 0.29) is 16.9 Å². The van der Waals surface area contributed by atoms with Crippen LogP contribution in [0.15, 0.2) is 47.0 Å². The molecule has 3 nitrogen and oxygen atoms in total. The number of isothiocyanates is 1. The molecule has 4 aliphatic rings. The van der Waals surface area contributed by atoms with Gasteiger partial charge in [-0.1, -0.05) is 49.8 Å². The molecule has 0 amide bonds. The predicted octanol–water partition coefficient (Wildman–Crippen LogP) is 6.21. The maximum atomic E-state index is 11.8. The second kappa shape index (κ2) is 9.71. The maximum absolute atomic E-state index is 11.8. The lowest BCUT2D eigenvalue weighted by Gasteiger charge is -2.57. The Morgan fingerprint density at radius 1 is 1.06 bits per heavy atom. The molecule has 3 fully saturated rings. The van der Waals surface area contributed by atoms with E-state index in [0.717, 1.165) is 50.5 Å².